The van der Waals surface area contributed by atoms with Gasteiger partial charge in [0.1, 0.15) is 17.2 Å². The van der Waals surface area contributed by atoms with E-state index < -0.39 is 5.60 Å². The third-order valence-electron chi connectivity index (χ3n) is 4.32. The van der Waals surface area contributed by atoms with E-state index in [-0.39, 0.29) is 18.3 Å². The second-order valence-corrected chi connectivity index (χ2v) is 6.04. The molecule has 4 nitrogen and oxygen atoms in total. The Morgan fingerprint density at radius 3 is 2.40 bits per heavy atom. The summed E-state index contributed by atoms with van der Waals surface area (Å²) in [4.78, 5) is 12.1. The van der Waals surface area contributed by atoms with Crippen LogP contribution in [0.2, 0.25) is 0 Å². The minimum absolute atomic E-state index is 0.101. The SMILES string of the molecule is COc1ccc(CCC(=O)NC[C@](C)(OC)c2ccccc2F)cc1. The highest BCUT2D eigenvalue weighted by atomic mass is 19.1. The van der Waals surface area contributed by atoms with Crippen LogP contribution in [0.4, 0.5) is 4.39 Å². The van der Waals surface area contributed by atoms with Crippen molar-refractivity contribution in [2.75, 3.05) is 20.8 Å². The van der Waals surface area contributed by atoms with Crippen molar-refractivity contribution in [1.82, 2.24) is 5.32 Å². The summed E-state index contributed by atoms with van der Waals surface area (Å²) in [5.41, 5.74) is 0.564. The molecule has 0 aromatic heterocycles. The van der Waals surface area contributed by atoms with E-state index in [4.69, 9.17) is 9.47 Å². The number of ether oxygens (including phenoxy) is 2. The quantitative estimate of drug-likeness (QED) is 0.797. The highest BCUT2D eigenvalue weighted by Crippen LogP contribution is 2.26. The zero-order chi connectivity index (χ0) is 18.3. The predicted molar refractivity (Wildman–Crippen MR) is 95.1 cm³/mol. The molecular formula is C20H24FNO3. The molecule has 2 aromatic rings. The van der Waals surface area contributed by atoms with Crippen molar-refractivity contribution in [3.8, 4) is 5.75 Å². The highest BCUT2D eigenvalue weighted by molar-refractivity contribution is 5.76. The maximum atomic E-state index is 14.0. The van der Waals surface area contributed by atoms with E-state index in [9.17, 15) is 9.18 Å². The average molecular weight is 345 g/mol. The van der Waals surface area contributed by atoms with Crippen molar-refractivity contribution < 1.29 is 18.7 Å². The number of amides is 1. The number of benzene rings is 2. The van der Waals surface area contributed by atoms with Crippen LogP contribution >= 0.6 is 0 Å². The first-order valence-corrected chi connectivity index (χ1v) is 8.18. The maximum absolute atomic E-state index is 14.0. The van der Waals surface area contributed by atoms with Crippen molar-refractivity contribution in [2.45, 2.75) is 25.4 Å². The molecule has 2 rings (SSSR count). The van der Waals surface area contributed by atoms with Gasteiger partial charge in [-0.15, -0.1) is 0 Å². The van der Waals surface area contributed by atoms with E-state index in [2.05, 4.69) is 5.32 Å². The average Bonchev–Trinajstić information content (AvgIpc) is 2.65. The molecule has 1 N–H and O–H groups in total. The van der Waals surface area contributed by atoms with Gasteiger partial charge < -0.3 is 14.8 Å². The molecule has 134 valence electrons. The Kier molecular flexibility index (Phi) is 6.53. The Hall–Kier alpha value is -2.40. The number of halogens is 1. The Balaban J connectivity index is 1.90. The number of aryl methyl sites for hydroxylation is 1. The van der Waals surface area contributed by atoms with Crippen molar-refractivity contribution in [3.63, 3.8) is 0 Å². The van der Waals surface area contributed by atoms with Gasteiger partial charge in [-0.05, 0) is 37.1 Å². The topological polar surface area (TPSA) is 47.6 Å². The predicted octanol–water partition coefficient (Wildman–Crippen LogP) is 3.44. The van der Waals surface area contributed by atoms with E-state index in [1.807, 2.05) is 24.3 Å². The van der Waals surface area contributed by atoms with Crippen LogP contribution in [0, 0.1) is 5.82 Å². The van der Waals surface area contributed by atoms with E-state index >= 15 is 0 Å². The Labute approximate surface area is 148 Å². The number of carbonyl (C=O) groups is 1. The Bertz CT molecular complexity index is 702. The smallest absolute Gasteiger partial charge is 0.220 e. The Morgan fingerprint density at radius 1 is 1.12 bits per heavy atom. The van der Waals surface area contributed by atoms with E-state index in [1.165, 1.54) is 13.2 Å². The molecule has 0 aliphatic heterocycles. The van der Waals surface area contributed by atoms with Gasteiger partial charge in [0, 0.05) is 19.1 Å². The standard InChI is InChI=1S/C20H24FNO3/c1-20(25-3,17-6-4-5-7-18(17)21)14-22-19(23)13-10-15-8-11-16(24-2)12-9-15/h4-9,11-12H,10,13-14H2,1-3H3,(H,22,23)/t20-/m0/s1. The third-order valence-corrected chi connectivity index (χ3v) is 4.32. The van der Waals surface area contributed by atoms with E-state index in [0.29, 0.717) is 18.4 Å². The maximum Gasteiger partial charge on any atom is 0.220 e. The van der Waals surface area contributed by atoms with Crippen molar-refractivity contribution in [3.05, 3.63) is 65.5 Å². The number of methoxy groups -OCH3 is 2. The lowest BCUT2D eigenvalue weighted by molar-refractivity contribution is -0.122. The van der Waals surface area contributed by atoms with Gasteiger partial charge in [0.2, 0.25) is 5.91 Å². The van der Waals surface area contributed by atoms with Gasteiger partial charge in [-0.2, -0.15) is 0 Å². The molecule has 0 fully saturated rings. The molecule has 0 spiro atoms. The van der Waals surface area contributed by atoms with Crippen molar-refractivity contribution >= 4 is 5.91 Å². The summed E-state index contributed by atoms with van der Waals surface area (Å²) >= 11 is 0. The molecular weight excluding hydrogens is 321 g/mol. The van der Waals surface area contributed by atoms with Crippen LogP contribution < -0.4 is 10.1 Å². The zero-order valence-electron chi connectivity index (χ0n) is 14.8. The first-order chi connectivity index (χ1) is 12.0. The summed E-state index contributed by atoms with van der Waals surface area (Å²) in [5.74, 6) is 0.337. The number of hydrogen-bond acceptors (Lipinski definition) is 3. The Morgan fingerprint density at radius 2 is 1.80 bits per heavy atom. The normalized spacial score (nSPS) is 13.1. The van der Waals surface area contributed by atoms with Crippen LogP contribution in [0.3, 0.4) is 0 Å². The molecule has 0 aliphatic rings. The van der Waals surface area contributed by atoms with Crippen molar-refractivity contribution in [2.24, 2.45) is 0 Å². The fourth-order valence-electron chi connectivity index (χ4n) is 2.57. The summed E-state index contributed by atoms with van der Waals surface area (Å²) in [6, 6.07) is 14.0. The molecule has 0 saturated heterocycles. The molecule has 0 unspecified atom stereocenters. The number of carbonyl (C=O) groups excluding carboxylic acids is 1. The molecule has 0 heterocycles. The summed E-state index contributed by atoms with van der Waals surface area (Å²) < 4.78 is 24.6. The zero-order valence-corrected chi connectivity index (χ0v) is 14.8. The molecule has 0 aliphatic carbocycles. The first kappa shape index (κ1) is 18.9. The molecule has 2 aromatic carbocycles. The van der Waals surface area contributed by atoms with Gasteiger partial charge in [0.25, 0.3) is 0 Å². The number of nitrogens with one attached hydrogen (secondary N) is 1. The summed E-state index contributed by atoms with van der Waals surface area (Å²) in [5, 5.41) is 2.84. The lowest BCUT2D eigenvalue weighted by Gasteiger charge is -2.29. The van der Waals surface area contributed by atoms with Gasteiger partial charge in [-0.3, -0.25) is 4.79 Å². The third kappa shape index (κ3) is 5.03. The largest absolute Gasteiger partial charge is 0.497 e. The van der Waals surface area contributed by atoms with E-state index in [0.717, 1.165) is 11.3 Å². The highest BCUT2D eigenvalue weighted by Gasteiger charge is 2.29. The van der Waals surface area contributed by atoms with Gasteiger partial charge >= 0.3 is 0 Å². The lowest BCUT2D eigenvalue weighted by atomic mass is 9.95. The van der Waals surface area contributed by atoms with Crippen LogP contribution in [0.5, 0.6) is 5.75 Å². The molecule has 25 heavy (non-hydrogen) atoms. The fraction of sp³-hybridized carbons (Fsp3) is 0.350. The van der Waals surface area contributed by atoms with Crippen molar-refractivity contribution in [1.29, 1.82) is 0 Å². The second-order valence-electron chi connectivity index (χ2n) is 6.04. The lowest BCUT2D eigenvalue weighted by Crippen LogP contribution is -2.40. The van der Waals surface area contributed by atoms with Crippen LogP contribution in [-0.2, 0) is 21.6 Å². The summed E-state index contributed by atoms with van der Waals surface area (Å²) in [6.07, 6.45) is 0.975. The number of hydrogen-bond donors (Lipinski definition) is 1. The van der Waals surface area contributed by atoms with Gasteiger partial charge in [0.05, 0.1) is 13.7 Å². The number of rotatable bonds is 8. The van der Waals surface area contributed by atoms with Gasteiger partial charge in [-0.25, -0.2) is 4.39 Å². The molecule has 1 amide bonds. The van der Waals surface area contributed by atoms with Gasteiger partial charge in [-0.1, -0.05) is 30.3 Å². The van der Waals surface area contributed by atoms with Crippen LogP contribution in [0.25, 0.3) is 0 Å². The summed E-state index contributed by atoms with van der Waals surface area (Å²) in [7, 11) is 3.13. The molecule has 5 heteroatoms. The molecule has 0 bridgehead atoms. The van der Waals surface area contributed by atoms with Crippen LogP contribution in [0.1, 0.15) is 24.5 Å². The summed E-state index contributed by atoms with van der Waals surface area (Å²) in [6.45, 7) is 1.96. The van der Waals surface area contributed by atoms with E-state index in [1.54, 1.807) is 32.2 Å². The molecule has 0 saturated carbocycles. The second kappa shape index (κ2) is 8.62. The molecule has 0 radical (unpaired) electrons. The molecule has 1 atom stereocenters. The minimum atomic E-state index is -0.916. The monoisotopic (exact) mass is 345 g/mol. The van der Waals surface area contributed by atoms with Gasteiger partial charge in [0.15, 0.2) is 0 Å². The van der Waals surface area contributed by atoms with Crippen LogP contribution in [0.15, 0.2) is 48.5 Å². The first-order valence-electron chi connectivity index (χ1n) is 8.18. The fourth-order valence-corrected chi connectivity index (χ4v) is 2.57. The van der Waals surface area contributed by atoms with Crippen LogP contribution in [-0.4, -0.2) is 26.7 Å². The minimum Gasteiger partial charge on any atom is -0.497 e.